The van der Waals surface area contributed by atoms with Crippen molar-refractivity contribution in [3.63, 3.8) is 0 Å². The van der Waals surface area contributed by atoms with Crippen molar-refractivity contribution in [1.29, 1.82) is 0 Å². The lowest BCUT2D eigenvalue weighted by molar-refractivity contribution is 0.270. The van der Waals surface area contributed by atoms with Gasteiger partial charge in [-0.1, -0.05) is 19.1 Å². The molecule has 1 nitrogen and oxygen atoms in total. The van der Waals surface area contributed by atoms with E-state index >= 15 is 0 Å². The van der Waals surface area contributed by atoms with Crippen LogP contribution in [0.5, 0.6) is 5.75 Å². The van der Waals surface area contributed by atoms with E-state index in [-0.39, 0.29) is 5.82 Å². The van der Waals surface area contributed by atoms with Crippen LogP contribution >= 0.6 is 11.6 Å². The molecule has 84 valence electrons. The van der Waals surface area contributed by atoms with Crippen molar-refractivity contribution in [3.8, 4) is 5.75 Å². The van der Waals surface area contributed by atoms with E-state index in [0.29, 0.717) is 24.2 Å². The zero-order valence-corrected chi connectivity index (χ0v) is 9.64. The summed E-state index contributed by atoms with van der Waals surface area (Å²) in [6.07, 6.45) is 1.88. The van der Waals surface area contributed by atoms with Crippen LogP contribution < -0.4 is 4.74 Å². The Morgan fingerprint density at radius 3 is 2.73 bits per heavy atom. The summed E-state index contributed by atoms with van der Waals surface area (Å²) in [7, 11) is 0. The van der Waals surface area contributed by atoms with E-state index in [1.54, 1.807) is 18.2 Å². The third-order valence-corrected chi connectivity index (χ3v) is 2.52. The smallest absolute Gasteiger partial charge is 0.165 e. The van der Waals surface area contributed by atoms with Crippen LogP contribution in [0, 0.1) is 11.7 Å². The lowest BCUT2D eigenvalue weighted by Gasteiger charge is -2.11. The minimum absolute atomic E-state index is 0.303. The zero-order chi connectivity index (χ0) is 11.1. The molecule has 0 aliphatic heterocycles. The third-order valence-electron chi connectivity index (χ3n) is 2.31. The van der Waals surface area contributed by atoms with Crippen LogP contribution in [0.15, 0.2) is 24.3 Å². The fraction of sp³-hybridized carbons (Fsp3) is 0.500. The number of ether oxygens (including phenoxy) is 1. The number of benzene rings is 1. The van der Waals surface area contributed by atoms with Gasteiger partial charge in [-0.05, 0) is 30.9 Å². The summed E-state index contributed by atoms with van der Waals surface area (Å²) in [6.45, 7) is 2.66. The Bertz CT molecular complexity index is 291. The second-order valence-corrected chi connectivity index (χ2v) is 4.03. The highest BCUT2D eigenvalue weighted by Gasteiger charge is 2.04. The van der Waals surface area contributed by atoms with E-state index in [0.717, 1.165) is 12.8 Å². The first-order valence-electron chi connectivity index (χ1n) is 5.17. The summed E-state index contributed by atoms with van der Waals surface area (Å²) >= 11 is 5.62. The van der Waals surface area contributed by atoms with E-state index in [1.165, 1.54) is 6.07 Å². The Hall–Kier alpha value is -0.760. The molecule has 0 N–H and O–H groups in total. The predicted molar refractivity (Wildman–Crippen MR) is 61.0 cm³/mol. The second kappa shape index (κ2) is 6.67. The molecule has 0 radical (unpaired) electrons. The normalized spacial score (nSPS) is 12.5. The predicted octanol–water partition coefficient (Wildman–Crippen LogP) is 3.86. The van der Waals surface area contributed by atoms with E-state index in [1.807, 2.05) is 0 Å². The maximum Gasteiger partial charge on any atom is 0.165 e. The van der Waals surface area contributed by atoms with Gasteiger partial charge in [0.25, 0.3) is 0 Å². The monoisotopic (exact) mass is 230 g/mol. The molecule has 1 atom stereocenters. The van der Waals surface area contributed by atoms with E-state index in [2.05, 4.69) is 6.92 Å². The first kappa shape index (κ1) is 12.3. The molecule has 1 aromatic rings. The summed E-state index contributed by atoms with van der Waals surface area (Å²) in [5.74, 6) is 1.22. The molecule has 3 heteroatoms. The molecule has 0 amide bonds. The SMILES string of the molecule is CC(CCCl)CCOc1ccccc1F. The topological polar surface area (TPSA) is 9.23 Å². The molecule has 1 aromatic carbocycles. The van der Waals surface area contributed by atoms with Gasteiger partial charge in [-0.3, -0.25) is 0 Å². The average molecular weight is 231 g/mol. The van der Waals surface area contributed by atoms with Gasteiger partial charge in [0.05, 0.1) is 6.61 Å². The molecular weight excluding hydrogens is 215 g/mol. The van der Waals surface area contributed by atoms with Gasteiger partial charge in [0.2, 0.25) is 0 Å². The van der Waals surface area contributed by atoms with Crippen molar-refractivity contribution >= 4 is 11.6 Å². The summed E-state index contributed by atoms with van der Waals surface area (Å²) in [5.41, 5.74) is 0. The van der Waals surface area contributed by atoms with Crippen molar-refractivity contribution < 1.29 is 9.13 Å². The Morgan fingerprint density at radius 1 is 1.33 bits per heavy atom. The molecule has 0 heterocycles. The van der Waals surface area contributed by atoms with Gasteiger partial charge in [0.15, 0.2) is 11.6 Å². The second-order valence-electron chi connectivity index (χ2n) is 3.65. The maximum atomic E-state index is 13.1. The molecule has 0 saturated carbocycles. The third kappa shape index (κ3) is 4.52. The number of rotatable bonds is 6. The summed E-state index contributed by atoms with van der Waals surface area (Å²) in [5, 5.41) is 0. The van der Waals surface area contributed by atoms with Crippen LogP contribution in [0.1, 0.15) is 19.8 Å². The van der Waals surface area contributed by atoms with Crippen molar-refractivity contribution in [2.75, 3.05) is 12.5 Å². The first-order chi connectivity index (χ1) is 7.24. The molecular formula is C12H16ClFO. The van der Waals surface area contributed by atoms with Gasteiger partial charge < -0.3 is 4.74 Å². The molecule has 1 unspecified atom stereocenters. The number of para-hydroxylation sites is 1. The van der Waals surface area contributed by atoms with Gasteiger partial charge in [-0.15, -0.1) is 11.6 Å². The minimum atomic E-state index is -0.303. The highest BCUT2D eigenvalue weighted by atomic mass is 35.5. The fourth-order valence-corrected chi connectivity index (χ4v) is 1.63. The van der Waals surface area contributed by atoms with E-state index in [4.69, 9.17) is 16.3 Å². The molecule has 0 saturated heterocycles. The average Bonchev–Trinajstić information content (AvgIpc) is 2.21. The Morgan fingerprint density at radius 2 is 2.07 bits per heavy atom. The highest BCUT2D eigenvalue weighted by molar-refractivity contribution is 6.17. The number of alkyl halides is 1. The van der Waals surface area contributed by atoms with Gasteiger partial charge in [-0.25, -0.2) is 4.39 Å². The van der Waals surface area contributed by atoms with Crippen molar-refractivity contribution in [1.82, 2.24) is 0 Å². The Labute approximate surface area is 95.2 Å². The maximum absolute atomic E-state index is 13.1. The van der Waals surface area contributed by atoms with Gasteiger partial charge in [-0.2, -0.15) is 0 Å². The van der Waals surface area contributed by atoms with Crippen molar-refractivity contribution in [3.05, 3.63) is 30.1 Å². The van der Waals surface area contributed by atoms with Crippen LogP contribution in [-0.2, 0) is 0 Å². The molecule has 0 fully saturated rings. The van der Waals surface area contributed by atoms with E-state index < -0.39 is 0 Å². The molecule has 0 aromatic heterocycles. The van der Waals surface area contributed by atoms with Gasteiger partial charge >= 0.3 is 0 Å². The molecule has 0 spiro atoms. The standard InChI is InChI=1S/C12H16ClFO/c1-10(6-8-13)7-9-15-12-5-3-2-4-11(12)14/h2-5,10H,6-9H2,1H3. The van der Waals surface area contributed by atoms with Crippen LogP contribution in [0.2, 0.25) is 0 Å². The number of halogens is 2. The van der Waals surface area contributed by atoms with Crippen molar-refractivity contribution in [2.45, 2.75) is 19.8 Å². The molecule has 0 aliphatic rings. The fourth-order valence-electron chi connectivity index (χ4n) is 1.26. The first-order valence-corrected chi connectivity index (χ1v) is 5.70. The van der Waals surface area contributed by atoms with Gasteiger partial charge in [0, 0.05) is 5.88 Å². The summed E-state index contributed by atoms with van der Waals surface area (Å²) in [6, 6.07) is 6.46. The Kier molecular flexibility index (Phi) is 5.48. The van der Waals surface area contributed by atoms with Gasteiger partial charge in [0.1, 0.15) is 0 Å². The van der Waals surface area contributed by atoms with Crippen LogP contribution in [0.3, 0.4) is 0 Å². The summed E-state index contributed by atoms with van der Waals surface area (Å²) in [4.78, 5) is 0. The lowest BCUT2D eigenvalue weighted by Crippen LogP contribution is -2.05. The van der Waals surface area contributed by atoms with Crippen LogP contribution in [-0.4, -0.2) is 12.5 Å². The highest BCUT2D eigenvalue weighted by Crippen LogP contribution is 2.16. The number of hydrogen-bond donors (Lipinski definition) is 0. The minimum Gasteiger partial charge on any atom is -0.491 e. The largest absolute Gasteiger partial charge is 0.491 e. The summed E-state index contributed by atoms with van der Waals surface area (Å²) < 4.78 is 18.5. The molecule has 0 aliphatic carbocycles. The Balaban J connectivity index is 2.29. The quantitative estimate of drug-likeness (QED) is 0.675. The number of hydrogen-bond acceptors (Lipinski definition) is 1. The molecule has 1 rings (SSSR count). The van der Waals surface area contributed by atoms with Crippen molar-refractivity contribution in [2.24, 2.45) is 5.92 Å². The van der Waals surface area contributed by atoms with Crippen LogP contribution in [0.25, 0.3) is 0 Å². The van der Waals surface area contributed by atoms with Crippen LogP contribution in [0.4, 0.5) is 4.39 Å². The molecule has 15 heavy (non-hydrogen) atoms. The lowest BCUT2D eigenvalue weighted by atomic mass is 10.1. The zero-order valence-electron chi connectivity index (χ0n) is 8.88. The van der Waals surface area contributed by atoms with E-state index in [9.17, 15) is 4.39 Å². The molecule has 0 bridgehead atoms.